The monoisotopic (exact) mass is 502 g/mol. The van der Waals surface area contributed by atoms with Crippen molar-refractivity contribution in [3.8, 4) is 0 Å². The molecule has 1 aromatic heterocycles. The highest BCUT2D eigenvalue weighted by atomic mass is 35.5. The molecule has 33 heavy (non-hydrogen) atoms. The fraction of sp³-hybridized carbons (Fsp3) is 0.292. The number of carbonyl (C=O) groups is 1. The van der Waals surface area contributed by atoms with E-state index in [4.69, 9.17) is 33.0 Å². The lowest BCUT2D eigenvalue weighted by atomic mass is 9.96. The molecule has 1 N–H and O–H groups in total. The molecule has 2 heterocycles. The number of esters is 1. The molecule has 3 aromatic rings. The summed E-state index contributed by atoms with van der Waals surface area (Å²) in [6.07, 6.45) is 1.76. The first kappa shape index (κ1) is 23.7. The summed E-state index contributed by atoms with van der Waals surface area (Å²) in [6, 6.07) is 14.6. The van der Waals surface area contributed by atoms with Gasteiger partial charge in [0.25, 0.3) is 0 Å². The number of benzene rings is 2. The third-order valence-corrected chi connectivity index (χ3v) is 6.75. The maximum absolute atomic E-state index is 13.1. The van der Waals surface area contributed by atoms with E-state index in [1.807, 2.05) is 49.4 Å². The van der Waals surface area contributed by atoms with Crippen molar-refractivity contribution in [1.82, 2.24) is 14.8 Å². The van der Waals surface area contributed by atoms with Gasteiger partial charge in [-0.05, 0) is 42.7 Å². The number of nitrogens with one attached hydrogen (secondary N) is 1. The Labute approximate surface area is 207 Å². The third-order valence-electron chi connectivity index (χ3n) is 5.26. The van der Waals surface area contributed by atoms with Crippen LogP contribution in [-0.2, 0) is 15.3 Å². The molecule has 6 nitrogen and oxygen atoms in total. The molecule has 0 amide bonds. The van der Waals surface area contributed by atoms with Crippen LogP contribution in [0, 0.1) is 0 Å². The fourth-order valence-electron chi connectivity index (χ4n) is 3.59. The number of halogens is 2. The minimum absolute atomic E-state index is 0.371. The molecule has 1 unspecified atom stereocenters. The van der Waals surface area contributed by atoms with Crippen LogP contribution < -0.4 is 5.32 Å². The van der Waals surface area contributed by atoms with Crippen molar-refractivity contribution in [2.45, 2.75) is 43.6 Å². The van der Waals surface area contributed by atoms with E-state index in [-0.39, 0.29) is 5.97 Å². The second kappa shape index (κ2) is 10.6. The minimum Gasteiger partial charge on any atom is -0.462 e. The van der Waals surface area contributed by atoms with Gasteiger partial charge in [-0.3, -0.25) is 0 Å². The first-order valence-electron chi connectivity index (χ1n) is 10.7. The standard InChI is InChI=1S/C24H24Cl2N4O2S/c1-3-4-12-32-22(31)20-15(2)27-23-28-24(33-14-17-8-5-6-11-19(17)26)29-30(23)21(20)16-9-7-10-18(25)13-16/h5-11,13,21H,3-4,12,14H2,1-2H3,(H,27,28,29). The molecule has 1 atom stereocenters. The van der Waals surface area contributed by atoms with E-state index >= 15 is 0 Å². The van der Waals surface area contributed by atoms with Gasteiger partial charge in [0.15, 0.2) is 0 Å². The van der Waals surface area contributed by atoms with Gasteiger partial charge in [0.05, 0.1) is 12.2 Å². The fourth-order valence-corrected chi connectivity index (χ4v) is 4.90. The molecular formula is C24H24Cl2N4O2S. The van der Waals surface area contributed by atoms with Crippen molar-refractivity contribution in [1.29, 1.82) is 0 Å². The number of carbonyl (C=O) groups excluding carboxylic acids is 1. The van der Waals surface area contributed by atoms with Gasteiger partial charge in [0, 0.05) is 21.5 Å². The van der Waals surface area contributed by atoms with Crippen LogP contribution in [0.3, 0.4) is 0 Å². The van der Waals surface area contributed by atoms with E-state index in [0.717, 1.165) is 24.0 Å². The largest absolute Gasteiger partial charge is 0.462 e. The summed E-state index contributed by atoms with van der Waals surface area (Å²) in [5.41, 5.74) is 3.02. The highest BCUT2D eigenvalue weighted by Crippen LogP contribution is 2.38. The van der Waals surface area contributed by atoms with E-state index in [1.165, 1.54) is 11.8 Å². The third kappa shape index (κ3) is 5.37. The number of nitrogens with zero attached hydrogens (tertiary/aromatic N) is 3. The molecule has 0 radical (unpaired) electrons. The Balaban J connectivity index is 1.67. The van der Waals surface area contributed by atoms with Crippen LogP contribution in [0.4, 0.5) is 5.95 Å². The van der Waals surface area contributed by atoms with Gasteiger partial charge in [-0.2, -0.15) is 4.98 Å². The molecule has 0 spiro atoms. The SMILES string of the molecule is CCCCOC(=O)C1=C(C)Nc2nc(SCc3ccccc3Cl)nn2C1c1cccc(Cl)c1. The smallest absolute Gasteiger partial charge is 0.338 e. The predicted octanol–water partition coefficient (Wildman–Crippen LogP) is 6.51. The summed E-state index contributed by atoms with van der Waals surface area (Å²) >= 11 is 14.1. The van der Waals surface area contributed by atoms with E-state index in [9.17, 15) is 4.79 Å². The Morgan fingerprint density at radius 3 is 2.79 bits per heavy atom. The van der Waals surface area contributed by atoms with Crippen molar-refractivity contribution in [2.24, 2.45) is 0 Å². The molecule has 9 heteroatoms. The summed E-state index contributed by atoms with van der Waals surface area (Å²) in [7, 11) is 0. The Bertz CT molecular complexity index is 1190. The predicted molar refractivity (Wildman–Crippen MR) is 133 cm³/mol. The molecule has 2 aromatic carbocycles. The minimum atomic E-state index is -0.503. The summed E-state index contributed by atoms with van der Waals surface area (Å²) in [6.45, 7) is 4.28. The molecule has 1 aliphatic rings. The lowest BCUT2D eigenvalue weighted by Crippen LogP contribution is -2.29. The van der Waals surface area contributed by atoms with Gasteiger partial charge in [-0.1, -0.05) is 78.6 Å². The van der Waals surface area contributed by atoms with Crippen LogP contribution in [-0.4, -0.2) is 27.3 Å². The van der Waals surface area contributed by atoms with E-state index in [1.54, 1.807) is 10.7 Å². The first-order valence-corrected chi connectivity index (χ1v) is 12.4. The Kier molecular flexibility index (Phi) is 7.63. The molecule has 0 saturated carbocycles. The quantitative estimate of drug-likeness (QED) is 0.215. The van der Waals surface area contributed by atoms with Gasteiger partial charge in [0.1, 0.15) is 6.04 Å². The van der Waals surface area contributed by atoms with Crippen LogP contribution in [0.2, 0.25) is 10.0 Å². The zero-order chi connectivity index (χ0) is 23.4. The highest BCUT2D eigenvalue weighted by molar-refractivity contribution is 7.98. The zero-order valence-corrected chi connectivity index (χ0v) is 20.7. The van der Waals surface area contributed by atoms with Crippen molar-refractivity contribution in [3.05, 3.63) is 81.0 Å². The Morgan fingerprint density at radius 1 is 1.21 bits per heavy atom. The molecule has 4 rings (SSSR count). The molecular weight excluding hydrogens is 479 g/mol. The molecule has 0 saturated heterocycles. The van der Waals surface area contributed by atoms with E-state index in [0.29, 0.717) is 44.8 Å². The number of thioether (sulfide) groups is 1. The van der Waals surface area contributed by atoms with E-state index in [2.05, 4.69) is 17.2 Å². The maximum Gasteiger partial charge on any atom is 0.338 e. The number of anilines is 1. The summed E-state index contributed by atoms with van der Waals surface area (Å²) in [4.78, 5) is 17.7. The van der Waals surface area contributed by atoms with Gasteiger partial charge in [-0.25, -0.2) is 9.48 Å². The first-order chi connectivity index (χ1) is 16.0. The number of fused-ring (bicyclic) bond motifs is 1. The maximum atomic E-state index is 13.1. The number of aromatic nitrogens is 3. The number of unbranched alkanes of at least 4 members (excludes halogenated alkanes) is 1. The van der Waals surface area contributed by atoms with Crippen molar-refractivity contribution < 1.29 is 9.53 Å². The molecule has 0 bridgehead atoms. The summed E-state index contributed by atoms with van der Waals surface area (Å²) in [5.74, 6) is 0.817. The topological polar surface area (TPSA) is 69.0 Å². The number of allylic oxidation sites excluding steroid dienone is 1. The lowest BCUT2D eigenvalue weighted by molar-refractivity contribution is -0.139. The molecule has 172 valence electrons. The molecule has 0 fully saturated rings. The van der Waals surface area contributed by atoms with Gasteiger partial charge < -0.3 is 10.1 Å². The van der Waals surface area contributed by atoms with Crippen molar-refractivity contribution >= 4 is 46.9 Å². The average molecular weight is 503 g/mol. The van der Waals surface area contributed by atoms with Gasteiger partial charge >= 0.3 is 5.97 Å². The van der Waals surface area contributed by atoms with Crippen LogP contribution in [0.1, 0.15) is 43.9 Å². The molecule has 0 aliphatic carbocycles. The summed E-state index contributed by atoms with van der Waals surface area (Å²) in [5, 5.41) is 9.81. The average Bonchev–Trinajstić information content (AvgIpc) is 3.20. The molecule has 1 aliphatic heterocycles. The van der Waals surface area contributed by atoms with Crippen LogP contribution in [0.25, 0.3) is 0 Å². The zero-order valence-electron chi connectivity index (χ0n) is 18.3. The van der Waals surface area contributed by atoms with Gasteiger partial charge in [0.2, 0.25) is 11.1 Å². The Hall–Kier alpha value is -2.48. The van der Waals surface area contributed by atoms with E-state index < -0.39 is 6.04 Å². The Morgan fingerprint density at radius 2 is 2.03 bits per heavy atom. The summed E-state index contributed by atoms with van der Waals surface area (Å²) < 4.78 is 7.29. The van der Waals surface area contributed by atoms with Crippen LogP contribution >= 0.6 is 35.0 Å². The second-order valence-electron chi connectivity index (χ2n) is 7.65. The second-order valence-corrected chi connectivity index (χ2v) is 9.44. The number of ether oxygens (including phenoxy) is 1. The highest BCUT2D eigenvalue weighted by Gasteiger charge is 2.35. The lowest BCUT2D eigenvalue weighted by Gasteiger charge is -2.28. The number of hydrogen-bond donors (Lipinski definition) is 1. The van der Waals surface area contributed by atoms with Crippen molar-refractivity contribution in [2.75, 3.05) is 11.9 Å². The van der Waals surface area contributed by atoms with Crippen LogP contribution in [0.15, 0.2) is 65.0 Å². The van der Waals surface area contributed by atoms with Crippen molar-refractivity contribution in [3.63, 3.8) is 0 Å². The number of rotatable bonds is 8. The normalized spacial score (nSPS) is 15.2. The van der Waals surface area contributed by atoms with Gasteiger partial charge in [-0.15, -0.1) is 5.10 Å². The number of hydrogen-bond acceptors (Lipinski definition) is 6. The van der Waals surface area contributed by atoms with Crippen LogP contribution in [0.5, 0.6) is 0 Å².